The second-order valence-electron chi connectivity index (χ2n) is 4.94. The zero-order valence-electron chi connectivity index (χ0n) is 11.0. The van der Waals surface area contributed by atoms with Crippen molar-refractivity contribution < 1.29 is 9.36 Å². The summed E-state index contributed by atoms with van der Waals surface area (Å²) in [6, 6.07) is 9.45. The van der Waals surface area contributed by atoms with E-state index in [9.17, 15) is 9.36 Å². The SMILES string of the molecule is CCCCN1C(=O)C(C)CP1(=O)c1ccccc1. The Morgan fingerprint density at radius 3 is 2.61 bits per heavy atom. The summed E-state index contributed by atoms with van der Waals surface area (Å²) in [5.41, 5.74) is 0. The van der Waals surface area contributed by atoms with Crippen LogP contribution in [0.3, 0.4) is 0 Å². The van der Waals surface area contributed by atoms with Crippen molar-refractivity contribution >= 4 is 18.5 Å². The molecule has 0 aliphatic carbocycles. The first-order valence-electron chi connectivity index (χ1n) is 6.56. The van der Waals surface area contributed by atoms with Gasteiger partial charge in [-0.3, -0.25) is 14.0 Å². The van der Waals surface area contributed by atoms with Gasteiger partial charge in [-0.25, -0.2) is 0 Å². The molecule has 0 N–H and O–H groups in total. The molecule has 1 aliphatic rings. The van der Waals surface area contributed by atoms with Gasteiger partial charge in [-0.1, -0.05) is 38.5 Å². The number of benzene rings is 1. The first-order chi connectivity index (χ1) is 8.59. The molecule has 0 spiro atoms. The van der Waals surface area contributed by atoms with Gasteiger partial charge < -0.3 is 0 Å². The van der Waals surface area contributed by atoms with Crippen LogP contribution < -0.4 is 5.30 Å². The number of unbranched alkanes of at least 4 members (excludes halogenated alkanes) is 1. The number of hydrogen-bond acceptors (Lipinski definition) is 2. The molecule has 1 amide bonds. The second kappa shape index (κ2) is 5.27. The van der Waals surface area contributed by atoms with Crippen LogP contribution in [0.15, 0.2) is 30.3 Å². The van der Waals surface area contributed by atoms with Crippen LogP contribution in [0.2, 0.25) is 0 Å². The fourth-order valence-electron chi connectivity index (χ4n) is 2.45. The van der Waals surface area contributed by atoms with E-state index in [-0.39, 0.29) is 11.8 Å². The van der Waals surface area contributed by atoms with E-state index >= 15 is 0 Å². The summed E-state index contributed by atoms with van der Waals surface area (Å²) in [6.07, 6.45) is 2.40. The predicted octanol–water partition coefficient (Wildman–Crippen LogP) is 2.87. The Labute approximate surface area is 109 Å². The van der Waals surface area contributed by atoms with E-state index in [2.05, 4.69) is 6.92 Å². The van der Waals surface area contributed by atoms with Gasteiger partial charge in [0.05, 0.1) is 0 Å². The van der Waals surface area contributed by atoms with Crippen LogP contribution >= 0.6 is 7.29 Å². The van der Waals surface area contributed by atoms with Crippen molar-refractivity contribution in [1.82, 2.24) is 4.67 Å². The molecular formula is C14H20NO2P. The highest BCUT2D eigenvalue weighted by atomic mass is 31.2. The van der Waals surface area contributed by atoms with Crippen molar-refractivity contribution in [3.63, 3.8) is 0 Å². The number of nitrogens with zero attached hydrogens (tertiary/aromatic N) is 1. The lowest BCUT2D eigenvalue weighted by Gasteiger charge is -2.25. The summed E-state index contributed by atoms with van der Waals surface area (Å²) in [6.45, 7) is 4.58. The molecule has 4 heteroatoms. The molecule has 0 bridgehead atoms. The minimum atomic E-state index is -2.69. The number of rotatable bonds is 4. The van der Waals surface area contributed by atoms with E-state index in [1.165, 1.54) is 0 Å². The Balaban J connectivity index is 2.35. The lowest BCUT2D eigenvalue weighted by molar-refractivity contribution is -0.128. The highest BCUT2D eigenvalue weighted by molar-refractivity contribution is 7.70. The molecule has 0 saturated carbocycles. The van der Waals surface area contributed by atoms with Crippen LogP contribution in [-0.2, 0) is 9.36 Å². The van der Waals surface area contributed by atoms with Crippen LogP contribution in [0.1, 0.15) is 26.7 Å². The Morgan fingerprint density at radius 2 is 2.00 bits per heavy atom. The van der Waals surface area contributed by atoms with E-state index in [4.69, 9.17) is 0 Å². The summed E-state index contributed by atoms with van der Waals surface area (Å²) in [5, 5.41) is 0.818. The standard InChI is InChI=1S/C14H20NO2P/c1-3-4-10-15-14(16)12(2)11-18(15,17)13-8-6-5-7-9-13/h5-9,12H,3-4,10-11H2,1-2H3. The molecule has 1 aromatic carbocycles. The average molecular weight is 265 g/mol. The Kier molecular flexibility index (Phi) is 3.91. The summed E-state index contributed by atoms with van der Waals surface area (Å²) in [7, 11) is -2.69. The van der Waals surface area contributed by atoms with Crippen LogP contribution in [-0.4, -0.2) is 23.3 Å². The average Bonchev–Trinajstić information content (AvgIpc) is 2.61. The van der Waals surface area contributed by atoms with Gasteiger partial charge in [0.2, 0.25) is 13.2 Å². The van der Waals surface area contributed by atoms with Crippen molar-refractivity contribution in [2.45, 2.75) is 26.7 Å². The molecule has 1 aromatic rings. The van der Waals surface area contributed by atoms with Gasteiger partial charge in [0.25, 0.3) is 0 Å². The molecular weight excluding hydrogens is 245 g/mol. The maximum atomic E-state index is 13.2. The summed E-state index contributed by atoms with van der Waals surface area (Å²) in [4.78, 5) is 12.2. The Bertz CT molecular complexity index is 472. The summed E-state index contributed by atoms with van der Waals surface area (Å²) in [5.74, 6) is -0.0662. The van der Waals surface area contributed by atoms with Gasteiger partial charge in [0.1, 0.15) is 0 Å². The molecule has 2 atom stereocenters. The maximum absolute atomic E-state index is 13.2. The molecule has 18 heavy (non-hydrogen) atoms. The molecule has 2 rings (SSSR count). The van der Waals surface area contributed by atoms with Crippen LogP contribution in [0.4, 0.5) is 0 Å². The molecule has 2 unspecified atom stereocenters. The molecule has 1 saturated heterocycles. The molecule has 0 radical (unpaired) electrons. The van der Waals surface area contributed by atoms with Crippen LogP contribution in [0.25, 0.3) is 0 Å². The third-order valence-corrected chi connectivity index (χ3v) is 6.80. The molecule has 98 valence electrons. The van der Waals surface area contributed by atoms with E-state index in [0.717, 1.165) is 18.1 Å². The third kappa shape index (κ3) is 2.24. The number of amides is 1. The van der Waals surface area contributed by atoms with Gasteiger partial charge in [0, 0.05) is 23.9 Å². The minimum Gasteiger partial charge on any atom is -0.295 e. The normalized spacial score (nSPS) is 27.8. The number of hydrogen-bond donors (Lipinski definition) is 0. The summed E-state index contributed by atoms with van der Waals surface area (Å²) < 4.78 is 14.8. The molecule has 3 nitrogen and oxygen atoms in total. The van der Waals surface area contributed by atoms with E-state index in [0.29, 0.717) is 12.7 Å². The first kappa shape index (κ1) is 13.4. The molecule has 0 aromatic heterocycles. The fraction of sp³-hybridized carbons (Fsp3) is 0.500. The lowest BCUT2D eigenvalue weighted by atomic mass is 10.2. The Hall–Kier alpha value is -1.08. The second-order valence-corrected chi connectivity index (χ2v) is 7.70. The van der Waals surface area contributed by atoms with Crippen molar-refractivity contribution in [2.75, 3.05) is 12.7 Å². The highest BCUT2D eigenvalue weighted by Crippen LogP contribution is 2.55. The van der Waals surface area contributed by atoms with Crippen LogP contribution in [0, 0.1) is 5.92 Å². The van der Waals surface area contributed by atoms with Gasteiger partial charge >= 0.3 is 0 Å². The van der Waals surface area contributed by atoms with E-state index < -0.39 is 7.29 Å². The van der Waals surface area contributed by atoms with Gasteiger partial charge in [-0.05, 0) is 18.6 Å². The van der Waals surface area contributed by atoms with Crippen molar-refractivity contribution in [3.8, 4) is 0 Å². The number of carbonyl (C=O) groups excluding carboxylic acids is 1. The molecule has 1 heterocycles. The third-order valence-electron chi connectivity index (χ3n) is 3.47. The smallest absolute Gasteiger partial charge is 0.231 e. The number of carbonyl (C=O) groups is 1. The van der Waals surface area contributed by atoms with E-state index in [1.54, 1.807) is 4.67 Å². The lowest BCUT2D eigenvalue weighted by Crippen LogP contribution is -2.28. The zero-order valence-corrected chi connectivity index (χ0v) is 11.9. The first-order valence-corrected chi connectivity index (χ1v) is 8.40. The minimum absolute atomic E-state index is 0.0515. The molecule has 1 aliphatic heterocycles. The topological polar surface area (TPSA) is 37.4 Å². The van der Waals surface area contributed by atoms with Gasteiger partial charge in [0.15, 0.2) is 0 Å². The van der Waals surface area contributed by atoms with Crippen molar-refractivity contribution in [1.29, 1.82) is 0 Å². The Morgan fingerprint density at radius 1 is 1.33 bits per heavy atom. The maximum Gasteiger partial charge on any atom is 0.231 e. The quantitative estimate of drug-likeness (QED) is 0.785. The fourth-order valence-corrected chi connectivity index (χ4v) is 5.65. The summed E-state index contributed by atoms with van der Waals surface area (Å²) >= 11 is 0. The highest BCUT2D eigenvalue weighted by Gasteiger charge is 2.46. The monoisotopic (exact) mass is 265 g/mol. The van der Waals surface area contributed by atoms with Crippen molar-refractivity contribution in [3.05, 3.63) is 30.3 Å². The predicted molar refractivity (Wildman–Crippen MR) is 74.3 cm³/mol. The largest absolute Gasteiger partial charge is 0.295 e. The van der Waals surface area contributed by atoms with Gasteiger partial charge in [-0.15, -0.1) is 0 Å². The zero-order chi connectivity index (χ0) is 13.2. The van der Waals surface area contributed by atoms with Crippen LogP contribution in [0.5, 0.6) is 0 Å². The van der Waals surface area contributed by atoms with Crippen molar-refractivity contribution in [2.24, 2.45) is 5.92 Å². The molecule has 1 fully saturated rings. The van der Waals surface area contributed by atoms with Gasteiger partial charge in [-0.2, -0.15) is 0 Å². The van der Waals surface area contributed by atoms with E-state index in [1.807, 2.05) is 37.3 Å².